The number of methoxy groups -OCH3 is 1. The molecule has 7 nitrogen and oxygen atoms in total. The normalized spacial score (nSPS) is 17.2. The van der Waals surface area contributed by atoms with Crippen molar-refractivity contribution in [3.05, 3.63) is 36.2 Å². The maximum Gasteiger partial charge on any atom is 0.339 e. The van der Waals surface area contributed by atoms with E-state index in [1.54, 1.807) is 18.2 Å². The Morgan fingerprint density at radius 3 is 2.92 bits per heavy atom. The molecule has 132 valence electrons. The van der Waals surface area contributed by atoms with Gasteiger partial charge < -0.3 is 20.7 Å². The average Bonchev–Trinajstić information content (AvgIpc) is 2.63. The molecule has 0 spiro atoms. The molecule has 1 atom stereocenters. The molecular weight excluding hydrogens is 318 g/mol. The number of nitrogens with two attached hydrogens (primary N) is 1. The van der Waals surface area contributed by atoms with E-state index < -0.39 is 5.97 Å². The van der Waals surface area contributed by atoms with Crippen molar-refractivity contribution in [3.8, 4) is 0 Å². The Kier molecular flexibility index (Phi) is 5.02. The van der Waals surface area contributed by atoms with E-state index in [1.807, 2.05) is 6.07 Å². The molecule has 1 fully saturated rings. The van der Waals surface area contributed by atoms with Crippen LogP contribution in [-0.2, 0) is 4.74 Å². The van der Waals surface area contributed by atoms with Gasteiger partial charge in [-0.2, -0.15) is 0 Å². The third kappa shape index (κ3) is 3.65. The number of aromatic nitrogens is 2. The van der Waals surface area contributed by atoms with Crippen LogP contribution in [0, 0.1) is 5.92 Å². The number of benzene rings is 1. The quantitative estimate of drug-likeness (QED) is 0.826. The lowest BCUT2D eigenvalue weighted by Crippen LogP contribution is -2.35. The number of rotatable bonds is 4. The summed E-state index contributed by atoms with van der Waals surface area (Å²) in [6.07, 6.45) is 3.84. The van der Waals surface area contributed by atoms with Crippen molar-refractivity contribution < 1.29 is 9.53 Å². The Bertz CT molecular complexity index is 765. The van der Waals surface area contributed by atoms with Crippen molar-refractivity contribution >= 4 is 29.0 Å². The number of hydrogen-bond donors (Lipinski definition) is 2. The highest BCUT2D eigenvalue weighted by molar-refractivity contribution is 5.97. The predicted molar refractivity (Wildman–Crippen MR) is 98.1 cm³/mol. The molecule has 1 aliphatic rings. The van der Waals surface area contributed by atoms with E-state index in [0.29, 0.717) is 28.7 Å². The van der Waals surface area contributed by atoms with E-state index in [9.17, 15) is 4.79 Å². The minimum Gasteiger partial charge on any atom is -0.465 e. The lowest BCUT2D eigenvalue weighted by molar-refractivity contribution is 0.0602. The van der Waals surface area contributed by atoms with Crippen LogP contribution in [0.15, 0.2) is 30.6 Å². The molecular formula is C18H23N5O2. The highest BCUT2D eigenvalue weighted by Crippen LogP contribution is 2.32. The van der Waals surface area contributed by atoms with Gasteiger partial charge in [-0.3, -0.25) is 0 Å². The fourth-order valence-electron chi connectivity index (χ4n) is 3.13. The third-order valence-electron chi connectivity index (χ3n) is 4.40. The van der Waals surface area contributed by atoms with Gasteiger partial charge in [0, 0.05) is 13.1 Å². The number of hydrogen-bond acceptors (Lipinski definition) is 7. The zero-order valence-corrected chi connectivity index (χ0v) is 14.5. The Morgan fingerprint density at radius 2 is 2.16 bits per heavy atom. The molecule has 1 aromatic carbocycles. The summed E-state index contributed by atoms with van der Waals surface area (Å²) in [4.78, 5) is 22.7. The first-order chi connectivity index (χ1) is 12.1. The number of nitrogen functional groups attached to an aromatic ring is 1. The molecule has 1 unspecified atom stereocenters. The van der Waals surface area contributed by atoms with Crippen LogP contribution < -0.4 is 16.0 Å². The van der Waals surface area contributed by atoms with Crippen molar-refractivity contribution in [1.82, 2.24) is 9.97 Å². The summed E-state index contributed by atoms with van der Waals surface area (Å²) in [6, 6.07) is 7.09. The molecule has 2 aromatic rings. The van der Waals surface area contributed by atoms with Gasteiger partial charge in [-0.1, -0.05) is 19.1 Å². The minimum absolute atomic E-state index is 0.416. The average molecular weight is 341 g/mol. The molecule has 2 heterocycles. The smallest absolute Gasteiger partial charge is 0.339 e. The second kappa shape index (κ2) is 7.38. The highest BCUT2D eigenvalue weighted by atomic mass is 16.5. The number of piperidine rings is 1. The number of esters is 1. The molecule has 25 heavy (non-hydrogen) atoms. The molecule has 1 saturated heterocycles. The highest BCUT2D eigenvalue weighted by Gasteiger charge is 2.21. The van der Waals surface area contributed by atoms with Gasteiger partial charge in [0.15, 0.2) is 11.6 Å². The van der Waals surface area contributed by atoms with Gasteiger partial charge in [-0.15, -0.1) is 0 Å². The Labute approximate surface area is 147 Å². The molecule has 3 N–H and O–H groups in total. The molecule has 0 saturated carbocycles. The molecule has 0 radical (unpaired) electrons. The standard InChI is InChI=1S/C18H23N5O2/c1-12-6-5-9-23(10-12)17-15(19)16(20-11-21-17)22-14-8-4-3-7-13(14)18(24)25-2/h3-4,7-8,11-12H,5-6,9-10,19H2,1-2H3,(H,20,21,22). The van der Waals surface area contributed by atoms with Crippen LogP contribution in [0.25, 0.3) is 0 Å². The van der Waals surface area contributed by atoms with Crippen LogP contribution in [0.4, 0.5) is 23.0 Å². The van der Waals surface area contributed by atoms with Gasteiger partial charge in [0.1, 0.15) is 12.0 Å². The van der Waals surface area contributed by atoms with Gasteiger partial charge in [0.05, 0.1) is 18.4 Å². The number of nitrogens with zero attached hydrogens (tertiary/aromatic N) is 3. The van der Waals surface area contributed by atoms with Crippen molar-refractivity contribution in [2.75, 3.05) is 36.1 Å². The Balaban J connectivity index is 1.90. The second-order valence-electron chi connectivity index (χ2n) is 6.32. The lowest BCUT2D eigenvalue weighted by atomic mass is 10.0. The second-order valence-corrected chi connectivity index (χ2v) is 6.32. The van der Waals surface area contributed by atoms with E-state index in [2.05, 4.69) is 27.1 Å². The fourth-order valence-corrected chi connectivity index (χ4v) is 3.13. The fraction of sp³-hybridized carbons (Fsp3) is 0.389. The van der Waals surface area contributed by atoms with E-state index in [0.717, 1.165) is 25.3 Å². The van der Waals surface area contributed by atoms with Gasteiger partial charge in [-0.05, 0) is 30.9 Å². The van der Waals surface area contributed by atoms with E-state index in [4.69, 9.17) is 10.5 Å². The van der Waals surface area contributed by atoms with Crippen LogP contribution in [0.1, 0.15) is 30.1 Å². The summed E-state index contributed by atoms with van der Waals surface area (Å²) in [5.74, 6) is 1.42. The van der Waals surface area contributed by atoms with Gasteiger partial charge in [-0.25, -0.2) is 14.8 Å². The van der Waals surface area contributed by atoms with Gasteiger partial charge >= 0.3 is 5.97 Å². The summed E-state index contributed by atoms with van der Waals surface area (Å²) in [5, 5.41) is 3.14. The monoisotopic (exact) mass is 341 g/mol. The summed E-state index contributed by atoms with van der Waals surface area (Å²) in [5.41, 5.74) is 7.83. The lowest BCUT2D eigenvalue weighted by Gasteiger charge is -2.32. The maximum atomic E-state index is 11.9. The first kappa shape index (κ1) is 17.0. The van der Waals surface area contributed by atoms with Crippen molar-refractivity contribution in [2.45, 2.75) is 19.8 Å². The van der Waals surface area contributed by atoms with Gasteiger partial charge in [0.25, 0.3) is 0 Å². The topological polar surface area (TPSA) is 93.4 Å². The molecule has 0 aliphatic carbocycles. The number of para-hydroxylation sites is 1. The van der Waals surface area contributed by atoms with Gasteiger partial charge in [0.2, 0.25) is 0 Å². The number of ether oxygens (including phenoxy) is 1. The number of nitrogens with one attached hydrogen (secondary N) is 1. The van der Waals surface area contributed by atoms with Crippen LogP contribution in [0.5, 0.6) is 0 Å². The summed E-state index contributed by atoms with van der Waals surface area (Å²) >= 11 is 0. The third-order valence-corrected chi connectivity index (χ3v) is 4.40. The molecule has 7 heteroatoms. The summed E-state index contributed by atoms with van der Waals surface area (Å²) in [7, 11) is 1.35. The summed E-state index contributed by atoms with van der Waals surface area (Å²) in [6.45, 7) is 4.10. The van der Waals surface area contributed by atoms with E-state index in [-0.39, 0.29) is 0 Å². The largest absolute Gasteiger partial charge is 0.465 e. The SMILES string of the molecule is COC(=O)c1ccccc1Nc1ncnc(N2CCCC(C)C2)c1N. The van der Waals surface area contributed by atoms with Crippen LogP contribution in [0.2, 0.25) is 0 Å². The molecule has 1 aromatic heterocycles. The maximum absolute atomic E-state index is 11.9. The van der Waals surface area contributed by atoms with Crippen LogP contribution in [0.3, 0.4) is 0 Å². The summed E-state index contributed by atoms with van der Waals surface area (Å²) < 4.78 is 4.82. The Hall–Kier alpha value is -2.83. The van der Waals surface area contributed by atoms with Crippen LogP contribution in [-0.4, -0.2) is 36.1 Å². The minimum atomic E-state index is -0.416. The van der Waals surface area contributed by atoms with Crippen molar-refractivity contribution in [3.63, 3.8) is 0 Å². The van der Waals surface area contributed by atoms with Crippen molar-refractivity contribution in [1.29, 1.82) is 0 Å². The molecule has 0 bridgehead atoms. The zero-order valence-electron chi connectivity index (χ0n) is 14.5. The predicted octanol–water partition coefficient (Wildman–Crippen LogP) is 2.83. The molecule has 3 rings (SSSR count). The first-order valence-electron chi connectivity index (χ1n) is 8.40. The zero-order chi connectivity index (χ0) is 17.8. The Morgan fingerprint density at radius 1 is 1.36 bits per heavy atom. The molecule has 0 amide bonds. The van der Waals surface area contributed by atoms with E-state index >= 15 is 0 Å². The van der Waals surface area contributed by atoms with Crippen molar-refractivity contribution in [2.24, 2.45) is 5.92 Å². The van der Waals surface area contributed by atoms with Crippen LogP contribution >= 0.6 is 0 Å². The van der Waals surface area contributed by atoms with E-state index in [1.165, 1.54) is 19.9 Å². The number of carbonyl (C=O) groups excluding carboxylic acids is 1. The number of anilines is 4. The number of carbonyl (C=O) groups is 1. The molecule has 1 aliphatic heterocycles. The first-order valence-corrected chi connectivity index (χ1v) is 8.40.